The summed E-state index contributed by atoms with van der Waals surface area (Å²) in [6.07, 6.45) is 29.1. The second kappa shape index (κ2) is 17.6. The van der Waals surface area contributed by atoms with Gasteiger partial charge in [0.25, 0.3) is 0 Å². The van der Waals surface area contributed by atoms with E-state index in [2.05, 4.69) is 20.8 Å². The summed E-state index contributed by atoms with van der Waals surface area (Å²) in [5.41, 5.74) is 0. The van der Waals surface area contributed by atoms with Crippen LogP contribution in [0.3, 0.4) is 0 Å². The van der Waals surface area contributed by atoms with Gasteiger partial charge >= 0.3 is 178 Å². The van der Waals surface area contributed by atoms with Gasteiger partial charge in [0.15, 0.2) is 0 Å². The Morgan fingerprint density at radius 1 is 0.481 bits per heavy atom. The van der Waals surface area contributed by atoms with E-state index in [1.807, 2.05) is 0 Å². The monoisotopic (exact) mass is 486 g/mol. The third-order valence-corrected chi connectivity index (χ3v) is 25.7. The molecule has 0 bridgehead atoms. The van der Waals surface area contributed by atoms with Gasteiger partial charge < -0.3 is 0 Å². The molecule has 0 atom stereocenters. The Kier molecular flexibility index (Phi) is 16.9. The summed E-state index contributed by atoms with van der Waals surface area (Å²) in [5, 5.41) is 0. The third-order valence-electron chi connectivity index (χ3n) is 7.56. The Labute approximate surface area is 177 Å². The molecule has 0 aliphatic heterocycles. The van der Waals surface area contributed by atoms with Crippen molar-refractivity contribution in [3.8, 4) is 0 Å². The molecule has 1 rings (SSSR count). The Balaban J connectivity index is 2.80. The fourth-order valence-electron chi connectivity index (χ4n) is 5.77. The molecular weight excluding hydrogens is 431 g/mol. The molecule has 1 aliphatic rings. The van der Waals surface area contributed by atoms with E-state index in [4.69, 9.17) is 0 Å². The van der Waals surface area contributed by atoms with Gasteiger partial charge in [-0.3, -0.25) is 0 Å². The predicted molar refractivity (Wildman–Crippen MR) is 129 cm³/mol. The molecule has 0 unspecified atom stereocenters. The van der Waals surface area contributed by atoms with Gasteiger partial charge in [-0.15, -0.1) is 0 Å². The van der Waals surface area contributed by atoms with E-state index in [1.54, 1.807) is 71.1 Å². The maximum absolute atomic E-state index is 2.38. The molecule has 162 valence electrons. The fraction of sp³-hybridized carbons (Fsp3) is 1.00. The first-order valence-corrected chi connectivity index (χ1v) is 21.0. The van der Waals surface area contributed by atoms with E-state index in [-0.39, 0.29) is 0 Å². The molecule has 0 nitrogen and oxygen atoms in total. The van der Waals surface area contributed by atoms with Gasteiger partial charge in [-0.1, -0.05) is 0 Å². The Morgan fingerprint density at radius 2 is 0.852 bits per heavy atom. The first-order valence-electron chi connectivity index (χ1n) is 13.3. The van der Waals surface area contributed by atoms with Crippen molar-refractivity contribution in [3.05, 3.63) is 0 Å². The minimum absolute atomic E-state index is 1.25. The molecule has 0 aromatic carbocycles. The van der Waals surface area contributed by atoms with E-state index in [0.717, 1.165) is 0 Å². The molecule has 0 aromatic rings. The van der Waals surface area contributed by atoms with Crippen LogP contribution < -0.4 is 0 Å². The van der Waals surface area contributed by atoms with Crippen molar-refractivity contribution < 1.29 is 0 Å². The van der Waals surface area contributed by atoms with E-state index in [1.165, 1.54) is 68.1 Å². The summed E-state index contributed by atoms with van der Waals surface area (Å²) in [6.45, 7) is 7.13. The van der Waals surface area contributed by atoms with E-state index in [9.17, 15) is 0 Å². The number of hydrogen-bond acceptors (Lipinski definition) is 0. The summed E-state index contributed by atoms with van der Waals surface area (Å²) >= 11 is -2.02. The van der Waals surface area contributed by atoms with Gasteiger partial charge in [0.1, 0.15) is 0 Å². The molecule has 0 saturated heterocycles. The van der Waals surface area contributed by atoms with Gasteiger partial charge in [0, 0.05) is 0 Å². The van der Waals surface area contributed by atoms with Crippen molar-refractivity contribution in [2.24, 2.45) is 0 Å². The standard InChI is InChI=1S/C8H15.3C6H13.Sn/c1-2-4-6-8-7-5-3-1;3*1-3-5-6-4-2;/h1H,2-8H2;3*1,3-6H2,2H3;. The van der Waals surface area contributed by atoms with Crippen molar-refractivity contribution in [2.45, 2.75) is 160 Å². The van der Waals surface area contributed by atoms with Gasteiger partial charge in [-0.05, 0) is 0 Å². The molecule has 0 heterocycles. The fourth-order valence-corrected chi connectivity index (χ4v) is 24.2. The molecule has 1 fully saturated rings. The Morgan fingerprint density at radius 3 is 1.22 bits per heavy atom. The molecule has 0 amide bonds. The zero-order valence-corrected chi connectivity index (χ0v) is 22.5. The van der Waals surface area contributed by atoms with Crippen molar-refractivity contribution in [1.82, 2.24) is 0 Å². The first kappa shape index (κ1) is 25.8. The molecule has 1 aliphatic carbocycles. The molecular formula is C26H54Sn. The van der Waals surface area contributed by atoms with E-state index >= 15 is 0 Å². The molecule has 1 heteroatoms. The summed E-state index contributed by atoms with van der Waals surface area (Å²) in [5.74, 6) is 0. The topological polar surface area (TPSA) is 0 Å². The van der Waals surface area contributed by atoms with Gasteiger partial charge in [-0.2, -0.15) is 0 Å². The quantitative estimate of drug-likeness (QED) is 0.151. The Hall–Kier alpha value is 0.799. The van der Waals surface area contributed by atoms with E-state index in [0.29, 0.717) is 0 Å². The molecule has 0 spiro atoms. The predicted octanol–water partition coefficient (Wildman–Crippen LogP) is 10.3. The van der Waals surface area contributed by atoms with Gasteiger partial charge in [-0.25, -0.2) is 0 Å². The second-order valence-corrected chi connectivity index (χ2v) is 24.2. The third kappa shape index (κ3) is 11.5. The summed E-state index contributed by atoms with van der Waals surface area (Å²) in [7, 11) is 0. The molecule has 27 heavy (non-hydrogen) atoms. The number of rotatable bonds is 16. The average Bonchev–Trinajstić information content (AvgIpc) is 2.65. The van der Waals surface area contributed by atoms with Crippen LogP contribution >= 0.6 is 0 Å². The van der Waals surface area contributed by atoms with Crippen LogP contribution in [-0.2, 0) is 0 Å². The molecule has 0 radical (unpaired) electrons. The summed E-state index contributed by atoms with van der Waals surface area (Å²) in [4.78, 5) is 0. The van der Waals surface area contributed by atoms with Crippen LogP contribution in [0, 0.1) is 0 Å². The van der Waals surface area contributed by atoms with Crippen LogP contribution in [0.25, 0.3) is 0 Å². The first-order chi connectivity index (χ1) is 13.3. The normalized spacial score (nSPS) is 17.0. The van der Waals surface area contributed by atoms with Crippen molar-refractivity contribution >= 4 is 18.4 Å². The summed E-state index contributed by atoms with van der Waals surface area (Å²) < 4.78 is 6.54. The average molecular weight is 485 g/mol. The SMILES string of the molecule is CCCCC[CH2][Sn]([CH2]CCCCC)([CH2]CCCCC)[CH]1CCCCCCC1. The van der Waals surface area contributed by atoms with Crippen LogP contribution in [-0.4, -0.2) is 18.4 Å². The maximum atomic E-state index is 2.38. The van der Waals surface area contributed by atoms with Crippen molar-refractivity contribution in [2.75, 3.05) is 0 Å². The summed E-state index contributed by atoms with van der Waals surface area (Å²) in [6, 6.07) is 0. The zero-order valence-electron chi connectivity index (χ0n) is 19.6. The van der Waals surface area contributed by atoms with Gasteiger partial charge in [0.05, 0.1) is 0 Å². The number of unbranched alkanes of at least 4 members (excludes halogenated alkanes) is 9. The van der Waals surface area contributed by atoms with Crippen LogP contribution in [0.5, 0.6) is 0 Å². The van der Waals surface area contributed by atoms with Gasteiger partial charge in [0.2, 0.25) is 0 Å². The molecule has 0 aromatic heterocycles. The van der Waals surface area contributed by atoms with Crippen molar-refractivity contribution in [1.29, 1.82) is 0 Å². The zero-order chi connectivity index (χ0) is 19.6. The van der Waals surface area contributed by atoms with Crippen LogP contribution in [0.1, 0.15) is 143 Å². The van der Waals surface area contributed by atoms with Crippen LogP contribution in [0.4, 0.5) is 0 Å². The minimum atomic E-state index is -2.02. The van der Waals surface area contributed by atoms with Crippen LogP contribution in [0.15, 0.2) is 0 Å². The Bertz CT molecular complexity index is 272. The van der Waals surface area contributed by atoms with Crippen molar-refractivity contribution in [3.63, 3.8) is 0 Å². The number of hydrogen-bond donors (Lipinski definition) is 0. The molecule has 0 N–H and O–H groups in total. The second-order valence-electron chi connectivity index (χ2n) is 9.84. The van der Waals surface area contributed by atoms with Crippen LogP contribution in [0.2, 0.25) is 17.2 Å². The molecule has 1 saturated carbocycles. The van der Waals surface area contributed by atoms with E-state index < -0.39 is 18.4 Å².